The number of carbonyl (C=O) groups is 1. The molecule has 0 aromatic carbocycles. The van der Waals surface area contributed by atoms with Gasteiger partial charge < -0.3 is 4.90 Å². The van der Waals surface area contributed by atoms with E-state index >= 15 is 0 Å². The van der Waals surface area contributed by atoms with Gasteiger partial charge in [-0.15, -0.1) is 0 Å². The van der Waals surface area contributed by atoms with Gasteiger partial charge in [-0.3, -0.25) is 14.3 Å². The number of likely N-dealkylation sites (tertiary alicyclic amines) is 1. The highest BCUT2D eigenvalue weighted by atomic mass is 16.2. The monoisotopic (exact) mass is 357 g/mol. The van der Waals surface area contributed by atoms with Crippen molar-refractivity contribution in [3.63, 3.8) is 0 Å². The summed E-state index contributed by atoms with van der Waals surface area (Å²) < 4.78 is 3.11. The number of nitrogens with zero attached hydrogens (tertiary/aromatic N) is 5. The van der Waals surface area contributed by atoms with Crippen LogP contribution >= 0.6 is 0 Å². The van der Waals surface area contributed by atoms with E-state index in [0.29, 0.717) is 11.6 Å². The average molecular weight is 357 g/mol. The summed E-state index contributed by atoms with van der Waals surface area (Å²) >= 11 is 0. The van der Waals surface area contributed by atoms with Crippen LogP contribution in [0.25, 0.3) is 11.3 Å². The van der Waals surface area contributed by atoms with Crippen LogP contribution in [0.1, 0.15) is 44.1 Å². The van der Waals surface area contributed by atoms with Crippen LogP contribution in [0.15, 0.2) is 16.9 Å². The predicted molar refractivity (Wildman–Crippen MR) is 99.9 cm³/mol. The summed E-state index contributed by atoms with van der Waals surface area (Å²) in [5, 5.41) is 8.93. The van der Waals surface area contributed by atoms with E-state index < -0.39 is 6.04 Å². The van der Waals surface area contributed by atoms with E-state index in [4.69, 9.17) is 0 Å². The molecule has 7 nitrogen and oxygen atoms in total. The van der Waals surface area contributed by atoms with Crippen molar-refractivity contribution < 1.29 is 4.79 Å². The van der Waals surface area contributed by atoms with Crippen molar-refractivity contribution in [1.29, 1.82) is 0 Å². The zero-order chi connectivity index (χ0) is 19.0. The summed E-state index contributed by atoms with van der Waals surface area (Å²) in [6, 6.07) is 2.57. The molecule has 140 valence electrons. The van der Waals surface area contributed by atoms with E-state index in [1.165, 1.54) is 10.7 Å². The second kappa shape index (κ2) is 7.05. The van der Waals surface area contributed by atoms with Crippen LogP contribution in [0.3, 0.4) is 0 Å². The van der Waals surface area contributed by atoms with Gasteiger partial charge >= 0.3 is 0 Å². The smallest absolute Gasteiger partial charge is 0.267 e. The molecular formula is C19H27N5O2. The van der Waals surface area contributed by atoms with Crippen LogP contribution in [0.5, 0.6) is 0 Å². The highest BCUT2D eigenvalue weighted by Crippen LogP contribution is 2.24. The largest absolute Gasteiger partial charge is 0.341 e. The highest BCUT2D eigenvalue weighted by molar-refractivity contribution is 5.80. The van der Waals surface area contributed by atoms with Gasteiger partial charge in [0, 0.05) is 37.5 Å². The number of amides is 1. The molecule has 1 aliphatic heterocycles. The molecule has 0 bridgehead atoms. The van der Waals surface area contributed by atoms with Gasteiger partial charge in [0.05, 0.1) is 11.4 Å². The number of carbonyl (C=O) groups excluding carboxylic acids is 1. The Labute approximate surface area is 153 Å². The van der Waals surface area contributed by atoms with E-state index in [2.05, 4.69) is 17.1 Å². The van der Waals surface area contributed by atoms with Crippen molar-refractivity contribution in [2.75, 3.05) is 13.1 Å². The molecule has 0 radical (unpaired) electrons. The lowest BCUT2D eigenvalue weighted by atomic mass is 10.00. The Balaban J connectivity index is 1.95. The lowest BCUT2D eigenvalue weighted by Crippen LogP contribution is -2.44. The lowest BCUT2D eigenvalue weighted by Gasteiger charge is -2.32. The highest BCUT2D eigenvalue weighted by Gasteiger charge is 2.27. The van der Waals surface area contributed by atoms with Gasteiger partial charge in [-0.25, -0.2) is 4.68 Å². The van der Waals surface area contributed by atoms with Crippen molar-refractivity contribution in [3.05, 3.63) is 33.9 Å². The van der Waals surface area contributed by atoms with Crippen molar-refractivity contribution in [1.82, 2.24) is 24.5 Å². The van der Waals surface area contributed by atoms with E-state index in [-0.39, 0.29) is 11.5 Å². The molecule has 1 saturated heterocycles. The molecule has 3 heterocycles. The summed E-state index contributed by atoms with van der Waals surface area (Å²) in [4.78, 5) is 27.1. The Morgan fingerprint density at radius 1 is 1.27 bits per heavy atom. The Bertz CT molecular complexity index is 883. The first-order chi connectivity index (χ1) is 12.3. The molecule has 0 saturated carbocycles. The second-order valence-corrected chi connectivity index (χ2v) is 7.38. The minimum atomic E-state index is -0.620. The third-order valence-corrected chi connectivity index (χ3v) is 5.28. The van der Waals surface area contributed by atoms with Crippen molar-refractivity contribution in [2.24, 2.45) is 13.0 Å². The SMILES string of the molecule is Cc1nn(C)c(C)c1-c1ccc(=O)n([C@H](C)C(=O)N2CCC[C@H](C)C2)n1. The van der Waals surface area contributed by atoms with Gasteiger partial charge in [-0.2, -0.15) is 10.2 Å². The zero-order valence-electron chi connectivity index (χ0n) is 16.2. The molecule has 2 atom stereocenters. The Morgan fingerprint density at radius 3 is 2.62 bits per heavy atom. The van der Waals surface area contributed by atoms with Crippen LogP contribution in [-0.2, 0) is 11.8 Å². The maximum Gasteiger partial charge on any atom is 0.267 e. The number of piperidine rings is 1. The fraction of sp³-hybridized carbons (Fsp3) is 0.579. The summed E-state index contributed by atoms with van der Waals surface area (Å²) in [5.74, 6) is 0.458. The fourth-order valence-electron chi connectivity index (χ4n) is 3.74. The van der Waals surface area contributed by atoms with Crippen LogP contribution in [0, 0.1) is 19.8 Å². The van der Waals surface area contributed by atoms with Crippen molar-refractivity contribution in [2.45, 2.75) is 46.6 Å². The quantitative estimate of drug-likeness (QED) is 0.843. The molecule has 0 N–H and O–H groups in total. The van der Waals surface area contributed by atoms with Crippen LogP contribution < -0.4 is 5.56 Å². The summed E-state index contributed by atoms with van der Waals surface area (Å²) in [6.07, 6.45) is 2.15. The number of hydrogen-bond donors (Lipinski definition) is 0. The van der Waals surface area contributed by atoms with Crippen LogP contribution in [-0.4, -0.2) is 43.5 Å². The second-order valence-electron chi connectivity index (χ2n) is 7.38. The normalized spacial score (nSPS) is 18.8. The van der Waals surface area contributed by atoms with Gasteiger partial charge in [0.2, 0.25) is 5.91 Å². The van der Waals surface area contributed by atoms with E-state index in [0.717, 1.165) is 42.9 Å². The molecule has 1 fully saturated rings. The molecule has 0 unspecified atom stereocenters. The zero-order valence-corrected chi connectivity index (χ0v) is 16.2. The minimum absolute atomic E-state index is 0.0390. The Kier molecular flexibility index (Phi) is 4.98. The number of rotatable bonds is 3. The third kappa shape index (κ3) is 3.30. The number of aromatic nitrogens is 4. The average Bonchev–Trinajstić information content (AvgIpc) is 2.86. The maximum absolute atomic E-state index is 12.9. The van der Waals surface area contributed by atoms with Gasteiger partial charge in [0.15, 0.2) is 0 Å². The fourth-order valence-corrected chi connectivity index (χ4v) is 3.74. The van der Waals surface area contributed by atoms with E-state index in [1.54, 1.807) is 17.7 Å². The van der Waals surface area contributed by atoms with Crippen molar-refractivity contribution >= 4 is 5.91 Å². The molecular weight excluding hydrogens is 330 g/mol. The van der Waals surface area contributed by atoms with Gasteiger partial charge in [-0.1, -0.05) is 6.92 Å². The molecule has 2 aromatic heterocycles. The van der Waals surface area contributed by atoms with Crippen LogP contribution in [0.4, 0.5) is 0 Å². The first-order valence-corrected chi connectivity index (χ1v) is 9.18. The summed E-state index contributed by atoms with van der Waals surface area (Å²) in [6.45, 7) is 9.30. The molecule has 1 amide bonds. The van der Waals surface area contributed by atoms with Gasteiger partial charge in [0.25, 0.3) is 5.56 Å². The molecule has 0 spiro atoms. The van der Waals surface area contributed by atoms with Crippen LogP contribution in [0.2, 0.25) is 0 Å². The number of aryl methyl sites for hydroxylation is 2. The molecule has 7 heteroatoms. The summed E-state index contributed by atoms with van der Waals surface area (Å²) in [5.41, 5.74) is 3.14. The first kappa shape index (κ1) is 18.4. The minimum Gasteiger partial charge on any atom is -0.341 e. The first-order valence-electron chi connectivity index (χ1n) is 9.18. The standard InChI is InChI=1S/C19H27N5O2/c1-12-7-6-10-23(11-12)19(26)15(4)24-17(25)9-8-16(21-24)18-13(2)20-22(5)14(18)3/h8-9,12,15H,6-7,10-11H2,1-5H3/t12-,15+/m0/s1. The third-order valence-electron chi connectivity index (χ3n) is 5.28. The van der Waals surface area contributed by atoms with E-state index in [9.17, 15) is 9.59 Å². The topological polar surface area (TPSA) is 73.0 Å². The molecule has 26 heavy (non-hydrogen) atoms. The maximum atomic E-state index is 12.9. The summed E-state index contributed by atoms with van der Waals surface area (Å²) in [7, 11) is 1.88. The van der Waals surface area contributed by atoms with Crippen molar-refractivity contribution in [3.8, 4) is 11.3 Å². The molecule has 0 aliphatic carbocycles. The van der Waals surface area contributed by atoms with E-state index in [1.807, 2.05) is 25.8 Å². The molecule has 2 aromatic rings. The van der Waals surface area contributed by atoms with Gasteiger partial charge in [-0.05, 0) is 45.6 Å². The van der Waals surface area contributed by atoms with Gasteiger partial charge in [0.1, 0.15) is 6.04 Å². The Morgan fingerprint density at radius 2 is 2.00 bits per heavy atom. The Hall–Kier alpha value is -2.44. The lowest BCUT2D eigenvalue weighted by molar-refractivity contribution is -0.136. The molecule has 1 aliphatic rings. The predicted octanol–water partition coefficient (Wildman–Crippen LogP) is 2.08. The number of hydrogen-bond acceptors (Lipinski definition) is 4. The molecule has 3 rings (SSSR count).